The van der Waals surface area contributed by atoms with E-state index in [2.05, 4.69) is 42.4 Å². The van der Waals surface area contributed by atoms with E-state index in [1.807, 2.05) is 0 Å². The number of amides is 2. The fraction of sp³-hybridized carbons (Fsp3) is 0.864. The minimum Gasteiger partial charge on any atom is -0.354 e. The van der Waals surface area contributed by atoms with E-state index in [1.165, 1.54) is 19.8 Å². The van der Waals surface area contributed by atoms with Crippen molar-refractivity contribution in [2.24, 2.45) is 11.8 Å². The van der Waals surface area contributed by atoms with Gasteiger partial charge in [0, 0.05) is 18.2 Å². The van der Waals surface area contributed by atoms with Crippen LogP contribution >= 0.6 is 12.6 Å². The van der Waals surface area contributed by atoms with Crippen LogP contribution in [-0.2, 0) is 14.4 Å². The van der Waals surface area contributed by atoms with Crippen LogP contribution in [0.25, 0.3) is 0 Å². The van der Waals surface area contributed by atoms with Crippen LogP contribution < -0.4 is 16.0 Å². The van der Waals surface area contributed by atoms with Crippen LogP contribution in [0.1, 0.15) is 78.6 Å². The molecule has 0 saturated carbocycles. The summed E-state index contributed by atoms with van der Waals surface area (Å²) in [5, 5.41) is 9.08. The molecule has 3 N–H and O–H groups in total. The van der Waals surface area contributed by atoms with Crippen molar-refractivity contribution < 1.29 is 14.4 Å². The van der Waals surface area contributed by atoms with Crippen molar-refractivity contribution in [2.75, 3.05) is 19.6 Å². The standard InChI is InChI=1S/C22H41N3O3S/c1-16(2)14-18(20(29)15-17(3)26)21(27)25-19-10-6-9-12-23-11-7-4-5-8-13-24-22(19)28/h16,18-20,23,29H,4-15H2,1-3H3,(H,24,28)(H,25,27). The van der Waals surface area contributed by atoms with Gasteiger partial charge in [-0.15, -0.1) is 0 Å². The number of Topliss-reactive ketones (excluding diaryl/α,β-unsaturated/α-hetero) is 1. The quantitative estimate of drug-likeness (QED) is 0.471. The van der Waals surface area contributed by atoms with E-state index < -0.39 is 6.04 Å². The van der Waals surface area contributed by atoms with E-state index in [0.717, 1.165) is 38.8 Å². The third kappa shape index (κ3) is 11.6. The minimum absolute atomic E-state index is 0.0230. The minimum atomic E-state index is -0.530. The fourth-order valence-corrected chi connectivity index (χ4v) is 4.23. The maximum Gasteiger partial charge on any atom is 0.242 e. The van der Waals surface area contributed by atoms with Gasteiger partial charge in [-0.25, -0.2) is 0 Å². The Labute approximate surface area is 182 Å². The monoisotopic (exact) mass is 427 g/mol. The lowest BCUT2D eigenvalue weighted by molar-refractivity contribution is -0.131. The molecule has 0 aromatic rings. The number of ketones is 1. The molecular formula is C22H41N3O3S. The maximum absolute atomic E-state index is 13.0. The second-order valence-electron chi connectivity index (χ2n) is 8.72. The molecule has 0 aromatic heterocycles. The Bertz CT molecular complexity index is 514. The first kappa shape index (κ1) is 26.0. The summed E-state index contributed by atoms with van der Waals surface area (Å²) in [7, 11) is 0. The Hall–Kier alpha value is -1.08. The van der Waals surface area contributed by atoms with Crippen molar-refractivity contribution in [3.63, 3.8) is 0 Å². The van der Waals surface area contributed by atoms with Gasteiger partial charge in [-0.3, -0.25) is 14.4 Å². The van der Waals surface area contributed by atoms with E-state index in [1.54, 1.807) is 0 Å². The highest BCUT2D eigenvalue weighted by atomic mass is 32.1. The lowest BCUT2D eigenvalue weighted by atomic mass is 9.90. The van der Waals surface area contributed by atoms with Crippen molar-refractivity contribution in [3.05, 3.63) is 0 Å². The van der Waals surface area contributed by atoms with Gasteiger partial charge in [0.15, 0.2) is 0 Å². The third-order valence-electron chi connectivity index (χ3n) is 5.33. The van der Waals surface area contributed by atoms with Gasteiger partial charge in [-0.05, 0) is 64.5 Å². The summed E-state index contributed by atoms with van der Waals surface area (Å²) in [6.45, 7) is 8.25. The highest BCUT2D eigenvalue weighted by molar-refractivity contribution is 7.81. The van der Waals surface area contributed by atoms with Crippen LogP contribution in [0.15, 0.2) is 0 Å². The highest BCUT2D eigenvalue weighted by Crippen LogP contribution is 2.23. The Kier molecular flexibility index (Phi) is 13.3. The van der Waals surface area contributed by atoms with E-state index in [-0.39, 0.29) is 35.2 Å². The van der Waals surface area contributed by atoms with Crippen LogP contribution in [0.2, 0.25) is 0 Å². The molecule has 0 aliphatic carbocycles. The van der Waals surface area contributed by atoms with Crippen LogP contribution in [0.3, 0.4) is 0 Å². The van der Waals surface area contributed by atoms with Crippen molar-refractivity contribution in [2.45, 2.75) is 89.9 Å². The normalized spacial score (nSPS) is 22.2. The van der Waals surface area contributed by atoms with Gasteiger partial charge >= 0.3 is 0 Å². The molecule has 29 heavy (non-hydrogen) atoms. The number of thiol groups is 1. The first-order valence-electron chi connectivity index (χ1n) is 11.3. The summed E-state index contributed by atoms with van der Waals surface area (Å²) in [5.41, 5.74) is 0. The molecule has 3 atom stereocenters. The van der Waals surface area contributed by atoms with Crippen molar-refractivity contribution in [1.82, 2.24) is 16.0 Å². The molecule has 7 heteroatoms. The number of nitrogens with one attached hydrogen (secondary N) is 3. The molecule has 0 radical (unpaired) electrons. The molecule has 1 aliphatic rings. The van der Waals surface area contributed by atoms with Gasteiger partial charge in [0.05, 0.1) is 5.92 Å². The van der Waals surface area contributed by atoms with Gasteiger partial charge in [-0.1, -0.05) is 26.7 Å². The summed E-state index contributed by atoms with van der Waals surface area (Å²) in [6, 6.07) is -0.530. The zero-order valence-corrected chi connectivity index (χ0v) is 19.4. The molecule has 1 aliphatic heterocycles. The first-order valence-corrected chi connectivity index (χ1v) is 11.8. The lowest BCUT2D eigenvalue weighted by Gasteiger charge is -2.26. The Morgan fingerprint density at radius 1 is 1.07 bits per heavy atom. The molecule has 0 bridgehead atoms. The number of rotatable bonds is 7. The zero-order valence-electron chi connectivity index (χ0n) is 18.5. The molecule has 1 saturated heterocycles. The van der Waals surface area contributed by atoms with Crippen LogP contribution in [0.4, 0.5) is 0 Å². The first-order chi connectivity index (χ1) is 13.8. The van der Waals surface area contributed by atoms with E-state index in [0.29, 0.717) is 25.3 Å². The number of hydrogen-bond donors (Lipinski definition) is 4. The van der Waals surface area contributed by atoms with Gasteiger partial charge in [0.25, 0.3) is 0 Å². The zero-order chi connectivity index (χ0) is 21.6. The van der Waals surface area contributed by atoms with Crippen molar-refractivity contribution in [3.8, 4) is 0 Å². The van der Waals surface area contributed by atoms with Gasteiger partial charge in [0.2, 0.25) is 11.8 Å². The van der Waals surface area contributed by atoms with Crippen molar-refractivity contribution in [1.29, 1.82) is 0 Å². The summed E-state index contributed by atoms with van der Waals surface area (Å²) < 4.78 is 0. The smallest absolute Gasteiger partial charge is 0.242 e. The predicted octanol–water partition coefficient (Wildman–Crippen LogP) is 2.86. The highest BCUT2D eigenvalue weighted by Gasteiger charge is 2.30. The Balaban J connectivity index is 2.76. The number of carbonyl (C=O) groups excluding carboxylic acids is 3. The molecule has 168 valence electrons. The van der Waals surface area contributed by atoms with Gasteiger partial charge in [0.1, 0.15) is 11.8 Å². The van der Waals surface area contributed by atoms with E-state index >= 15 is 0 Å². The van der Waals surface area contributed by atoms with E-state index in [4.69, 9.17) is 0 Å². The summed E-state index contributed by atoms with van der Waals surface area (Å²) in [5.74, 6) is -0.330. The summed E-state index contributed by atoms with van der Waals surface area (Å²) in [6.07, 6.45) is 7.78. The maximum atomic E-state index is 13.0. The fourth-order valence-electron chi connectivity index (χ4n) is 3.72. The number of hydrogen-bond acceptors (Lipinski definition) is 5. The molecule has 2 amide bonds. The summed E-state index contributed by atoms with van der Waals surface area (Å²) in [4.78, 5) is 37.3. The SMILES string of the molecule is CC(=O)CC(S)C(CC(C)C)C(=O)NC1CCCCNCCCCCCNC1=O. The average molecular weight is 428 g/mol. The second-order valence-corrected chi connectivity index (χ2v) is 9.39. The topological polar surface area (TPSA) is 87.3 Å². The molecule has 0 spiro atoms. The average Bonchev–Trinajstić information content (AvgIpc) is 2.64. The molecule has 0 aromatic carbocycles. The second kappa shape index (κ2) is 14.8. The molecule has 3 unspecified atom stereocenters. The Morgan fingerprint density at radius 3 is 2.31 bits per heavy atom. The summed E-state index contributed by atoms with van der Waals surface area (Å²) >= 11 is 4.55. The predicted molar refractivity (Wildman–Crippen MR) is 121 cm³/mol. The van der Waals surface area contributed by atoms with Crippen molar-refractivity contribution >= 4 is 30.2 Å². The third-order valence-corrected chi connectivity index (χ3v) is 5.87. The van der Waals surface area contributed by atoms with Crippen LogP contribution in [0, 0.1) is 11.8 Å². The van der Waals surface area contributed by atoms with E-state index in [9.17, 15) is 14.4 Å². The Morgan fingerprint density at radius 2 is 1.69 bits per heavy atom. The number of carbonyl (C=O) groups is 3. The van der Waals surface area contributed by atoms with Gasteiger partial charge in [-0.2, -0.15) is 12.6 Å². The lowest BCUT2D eigenvalue weighted by Crippen LogP contribution is -2.50. The molecule has 1 fully saturated rings. The van der Waals surface area contributed by atoms with Crippen LogP contribution in [-0.4, -0.2) is 48.5 Å². The molecule has 1 rings (SSSR count). The largest absolute Gasteiger partial charge is 0.354 e. The van der Waals surface area contributed by atoms with Crippen LogP contribution in [0.5, 0.6) is 0 Å². The van der Waals surface area contributed by atoms with Gasteiger partial charge < -0.3 is 16.0 Å². The molecule has 1 heterocycles. The molecule has 6 nitrogen and oxygen atoms in total. The molecular weight excluding hydrogens is 386 g/mol.